The van der Waals surface area contributed by atoms with Crippen LogP contribution in [0.5, 0.6) is 11.5 Å². The lowest BCUT2D eigenvalue weighted by molar-refractivity contribution is -0.141. The van der Waals surface area contributed by atoms with Crippen molar-refractivity contribution in [3.05, 3.63) is 59.4 Å². The fourth-order valence-corrected chi connectivity index (χ4v) is 5.12. The van der Waals surface area contributed by atoms with Crippen LogP contribution in [-0.2, 0) is 22.7 Å². The second-order valence-corrected chi connectivity index (χ2v) is 9.16. The lowest BCUT2D eigenvalue weighted by Crippen LogP contribution is -2.62. The number of ether oxygens (including phenoxy) is 2. The van der Waals surface area contributed by atoms with Crippen LogP contribution >= 0.6 is 0 Å². The number of nitrogens with one attached hydrogen (secondary N) is 1. The Morgan fingerprint density at radius 2 is 1.86 bits per heavy atom. The summed E-state index contributed by atoms with van der Waals surface area (Å²) in [6, 6.07) is 11.1. The average Bonchev–Trinajstić information content (AvgIpc) is 3.34. The highest BCUT2D eigenvalue weighted by Gasteiger charge is 2.46. The van der Waals surface area contributed by atoms with Crippen molar-refractivity contribution in [1.82, 2.24) is 15.1 Å². The number of benzene rings is 2. The molecule has 2 unspecified atom stereocenters. The lowest BCUT2D eigenvalue weighted by Gasteiger charge is -2.46. The molecule has 9 heteroatoms. The van der Waals surface area contributed by atoms with Crippen molar-refractivity contribution in [2.45, 2.75) is 51.2 Å². The third-order valence-corrected chi connectivity index (χ3v) is 6.98. The number of amides is 4. The first-order chi connectivity index (χ1) is 17.0. The highest BCUT2D eigenvalue weighted by Crippen LogP contribution is 2.36. The Kier molecular flexibility index (Phi) is 6.57. The number of urea groups is 1. The van der Waals surface area contributed by atoms with E-state index >= 15 is 0 Å². The topological polar surface area (TPSA) is 88.2 Å². The fraction of sp³-hybridized carbons (Fsp3) is 0.423. The standard InChI is InChI=1S/C26H28FN3O5/c27-20-7-3-1-5-18(20)15-30-21-8-4-2-6-19(21)25(32)29(26(30)33)12-11-24(31)28-14-17-9-10-22-23(13-17)35-16-34-22/h1,3,5,7,9-10,13,19,21H,2,4,6,8,11-12,14-16H2,(H,28,31). The van der Waals surface area contributed by atoms with Crippen LogP contribution in [0, 0.1) is 11.7 Å². The van der Waals surface area contributed by atoms with Gasteiger partial charge in [0.05, 0.1) is 12.5 Å². The molecule has 2 aromatic rings. The second kappa shape index (κ2) is 9.93. The van der Waals surface area contributed by atoms with Crippen molar-refractivity contribution in [2.24, 2.45) is 5.92 Å². The minimum atomic E-state index is -0.454. The maximum Gasteiger partial charge on any atom is 0.327 e. The van der Waals surface area contributed by atoms with Gasteiger partial charge in [0.15, 0.2) is 11.5 Å². The van der Waals surface area contributed by atoms with Gasteiger partial charge in [0.1, 0.15) is 5.82 Å². The summed E-state index contributed by atoms with van der Waals surface area (Å²) < 4.78 is 25.0. The van der Waals surface area contributed by atoms with Crippen LogP contribution in [0.4, 0.5) is 9.18 Å². The van der Waals surface area contributed by atoms with Crippen molar-refractivity contribution in [2.75, 3.05) is 13.3 Å². The second-order valence-electron chi connectivity index (χ2n) is 9.16. The van der Waals surface area contributed by atoms with Gasteiger partial charge in [-0.15, -0.1) is 0 Å². The van der Waals surface area contributed by atoms with E-state index in [1.807, 2.05) is 12.1 Å². The molecular formula is C26H28FN3O5. The van der Waals surface area contributed by atoms with Crippen LogP contribution in [0.15, 0.2) is 42.5 Å². The van der Waals surface area contributed by atoms with E-state index in [1.54, 1.807) is 29.2 Å². The zero-order valence-corrected chi connectivity index (χ0v) is 19.4. The quantitative estimate of drug-likeness (QED) is 0.653. The Balaban J connectivity index is 1.23. The summed E-state index contributed by atoms with van der Waals surface area (Å²) in [5.41, 5.74) is 1.27. The molecule has 0 bridgehead atoms. The molecule has 1 saturated carbocycles. The van der Waals surface area contributed by atoms with E-state index in [9.17, 15) is 18.8 Å². The number of fused-ring (bicyclic) bond motifs is 2. The summed E-state index contributed by atoms with van der Waals surface area (Å²) in [4.78, 5) is 41.9. The zero-order chi connectivity index (χ0) is 24.4. The summed E-state index contributed by atoms with van der Waals surface area (Å²) in [6.07, 6.45) is 3.25. The van der Waals surface area contributed by atoms with Crippen molar-refractivity contribution < 1.29 is 28.2 Å². The number of carbonyl (C=O) groups excluding carboxylic acids is 3. The molecule has 35 heavy (non-hydrogen) atoms. The van der Waals surface area contributed by atoms with Crippen LogP contribution in [0.1, 0.15) is 43.2 Å². The molecule has 2 fully saturated rings. The van der Waals surface area contributed by atoms with Gasteiger partial charge in [-0.05, 0) is 36.6 Å². The van der Waals surface area contributed by atoms with Crippen LogP contribution in [0.2, 0.25) is 0 Å². The molecule has 1 saturated heterocycles. The van der Waals surface area contributed by atoms with Crippen LogP contribution in [0.3, 0.4) is 0 Å². The van der Waals surface area contributed by atoms with Crippen LogP contribution in [-0.4, -0.2) is 47.0 Å². The molecular weight excluding hydrogens is 453 g/mol. The first-order valence-corrected chi connectivity index (χ1v) is 12.0. The van der Waals surface area contributed by atoms with Gasteiger partial charge >= 0.3 is 6.03 Å². The van der Waals surface area contributed by atoms with Gasteiger partial charge in [0, 0.05) is 31.1 Å². The molecule has 184 valence electrons. The normalized spacial score (nSPS) is 21.2. The highest BCUT2D eigenvalue weighted by atomic mass is 19.1. The van der Waals surface area contributed by atoms with E-state index in [4.69, 9.17) is 9.47 Å². The molecule has 2 heterocycles. The van der Waals surface area contributed by atoms with Crippen molar-refractivity contribution in [3.8, 4) is 11.5 Å². The van der Waals surface area contributed by atoms with E-state index in [1.165, 1.54) is 11.0 Å². The van der Waals surface area contributed by atoms with Gasteiger partial charge in [0.25, 0.3) is 0 Å². The van der Waals surface area contributed by atoms with Crippen molar-refractivity contribution in [1.29, 1.82) is 0 Å². The SMILES string of the molecule is O=C(CCN1C(=O)C2CCCCC2N(Cc2ccccc2F)C1=O)NCc1ccc2c(c1)OCO2. The fourth-order valence-electron chi connectivity index (χ4n) is 5.12. The van der Waals surface area contributed by atoms with Gasteiger partial charge in [-0.25, -0.2) is 9.18 Å². The number of carbonyl (C=O) groups is 3. The van der Waals surface area contributed by atoms with Crippen LogP contribution in [0.25, 0.3) is 0 Å². The molecule has 0 aromatic heterocycles. The van der Waals surface area contributed by atoms with E-state index in [2.05, 4.69) is 5.32 Å². The van der Waals surface area contributed by atoms with Gasteiger partial charge in [-0.3, -0.25) is 14.5 Å². The van der Waals surface area contributed by atoms with Crippen LogP contribution < -0.4 is 14.8 Å². The Morgan fingerprint density at radius 1 is 1.06 bits per heavy atom. The Bertz CT molecular complexity index is 1140. The minimum Gasteiger partial charge on any atom is -0.454 e. The monoisotopic (exact) mass is 481 g/mol. The predicted octanol–water partition coefficient (Wildman–Crippen LogP) is 3.58. The molecule has 3 aliphatic rings. The van der Waals surface area contributed by atoms with Gasteiger partial charge in [-0.1, -0.05) is 37.1 Å². The van der Waals surface area contributed by atoms with Crippen molar-refractivity contribution >= 4 is 17.8 Å². The van der Waals surface area contributed by atoms with E-state index in [0.29, 0.717) is 30.0 Å². The molecule has 4 amide bonds. The smallest absolute Gasteiger partial charge is 0.327 e. The maximum atomic E-state index is 14.3. The predicted molar refractivity (Wildman–Crippen MR) is 124 cm³/mol. The Labute approximate surface area is 203 Å². The van der Waals surface area contributed by atoms with E-state index < -0.39 is 6.03 Å². The summed E-state index contributed by atoms with van der Waals surface area (Å²) in [5, 5.41) is 2.83. The molecule has 1 N–H and O–H groups in total. The van der Waals surface area contributed by atoms with E-state index in [-0.39, 0.29) is 55.9 Å². The summed E-state index contributed by atoms with van der Waals surface area (Å²) in [7, 11) is 0. The Hall–Kier alpha value is -3.62. The first-order valence-electron chi connectivity index (χ1n) is 12.0. The number of halogens is 1. The highest BCUT2D eigenvalue weighted by molar-refractivity contribution is 5.99. The van der Waals surface area contributed by atoms with Gasteiger partial charge < -0.3 is 19.7 Å². The molecule has 8 nitrogen and oxygen atoms in total. The van der Waals surface area contributed by atoms with Crippen molar-refractivity contribution in [3.63, 3.8) is 0 Å². The Morgan fingerprint density at radius 3 is 2.71 bits per heavy atom. The maximum absolute atomic E-state index is 14.3. The summed E-state index contributed by atoms with van der Waals surface area (Å²) in [5.74, 6) is 0.119. The van der Waals surface area contributed by atoms with Gasteiger partial charge in [0.2, 0.25) is 18.6 Å². The largest absolute Gasteiger partial charge is 0.454 e. The number of hydrogen-bond acceptors (Lipinski definition) is 5. The van der Waals surface area contributed by atoms with Gasteiger partial charge in [-0.2, -0.15) is 0 Å². The average molecular weight is 482 g/mol. The molecule has 2 atom stereocenters. The molecule has 0 radical (unpaired) electrons. The molecule has 2 aromatic carbocycles. The molecule has 0 spiro atoms. The lowest BCUT2D eigenvalue weighted by atomic mass is 9.81. The zero-order valence-electron chi connectivity index (χ0n) is 19.4. The molecule has 2 aliphatic heterocycles. The molecule has 5 rings (SSSR count). The van der Waals surface area contributed by atoms with E-state index in [0.717, 1.165) is 24.8 Å². The minimum absolute atomic E-state index is 0.00699. The summed E-state index contributed by atoms with van der Waals surface area (Å²) >= 11 is 0. The first kappa shape index (κ1) is 23.1. The third-order valence-electron chi connectivity index (χ3n) is 6.98. The molecule has 1 aliphatic carbocycles. The number of nitrogens with zero attached hydrogens (tertiary/aromatic N) is 2. The third kappa shape index (κ3) is 4.80. The number of hydrogen-bond donors (Lipinski definition) is 1. The number of imide groups is 1. The summed E-state index contributed by atoms with van der Waals surface area (Å²) in [6.45, 7) is 0.564. The number of rotatable bonds is 7.